The van der Waals surface area contributed by atoms with Crippen molar-refractivity contribution in [3.05, 3.63) is 39.7 Å². The molecular formula is C19H23NO6. The predicted molar refractivity (Wildman–Crippen MR) is 96.5 cm³/mol. The van der Waals surface area contributed by atoms with Gasteiger partial charge in [0.15, 0.2) is 6.61 Å². The standard InChI is InChI=1S/C19H23NO6/c1-5-10(2)17(18(22)23)20-16(21)9-25-13-6-7-14-11(3)12(4)19(24)26-15(14)8-13/h6-8,10,17H,5,9H2,1-4H3,(H,20,21)(H,22,23)/t10-,17+/m1/s1. The molecule has 0 saturated carbocycles. The summed E-state index contributed by atoms with van der Waals surface area (Å²) in [4.78, 5) is 35.0. The number of hydrogen-bond donors (Lipinski definition) is 2. The molecule has 0 aliphatic rings. The van der Waals surface area contributed by atoms with Gasteiger partial charge in [0.2, 0.25) is 0 Å². The molecule has 1 aromatic heterocycles. The zero-order valence-electron chi connectivity index (χ0n) is 15.3. The number of amides is 1. The smallest absolute Gasteiger partial charge is 0.339 e. The molecule has 140 valence electrons. The van der Waals surface area contributed by atoms with E-state index in [2.05, 4.69) is 5.32 Å². The zero-order chi connectivity index (χ0) is 19.4. The molecule has 7 nitrogen and oxygen atoms in total. The first-order valence-electron chi connectivity index (χ1n) is 8.43. The Morgan fingerprint density at radius 3 is 2.58 bits per heavy atom. The molecule has 0 aliphatic carbocycles. The van der Waals surface area contributed by atoms with Crippen LogP contribution in [0.25, 0.3) is 11.0 Å². The largest absolute Gasteiger partial charge is 0.484 e. The lowest BCUT2D eigenvalue weighted by atomic mass is 9.99. The van der Waals surface area contributed by atoms with E-state index in [1.54, 1.807) is 32.0 Å². The van der Waals surface area contributed by atoms with Gasteiger partial charge in [-0.1, -0.05) is 20.3 Å². The van der Waals surface area contributed by atoms with E-state index < -0.39 is 23.5 Å². The highest BCUT2D eigenvalue weighted by atomic mass is 16.5. The Labute approximate surface area is 151 Å². The average Bonchev–Trinajstić information content (AvgIpc) is 2.61. The molecule has 0 saturated heterocycles. The number of carboxylic acid groups (broad SMARTS) is 1. The molecule has 7 heteroatoms. The Morgan fingerprint density at radius 1 is 1.27 bits per heavy atom. The van der Waals surface area contributed by atoms with Gasteiger partial charge in [-0.15, -0.1) is 0 Å². The molecule has 1 aromatic carbocycles. The summed E-state index contributed by atoms with van der Waals surface area (Å²) in [6, 6.07) is 4.01. The second kappa shape index (κ2) is 8.03. The van der Waals surface area contributed by atoms with Crippen LogP contribution in [0.1, 0.15) is 31.4 Å². The van der Waals surface area contributed by atoms with E-state index in [-0.39, 0.29) is 12.5 Å². The van der Waals surface area contributed by atoms with Gasteiger partial charge in [0, 0.05) is 17.0 Å². The van der Waals surface area contributed by atoms with Crippen molar-refractivity contribution in [1.29, 1.82) is 0 Å². The van der Waals surface area contributed by atoms with Crippen molar-refractivity contribution in [1.82, 2.24) is 5.32 Å². The van der Waals surface area contributed by atoms with Gasteiger partial charge >= 0.3 is 11.6 Å². The minimum absolute atomic E-state index is 0.197. The van der Waals surface area contributed by atoms with Crippen molar-refractivity contribution in [2.45, 2.75) is 40.2 Å². The van der Waals surface area contributed by atoms with Crippen LogP contribution in [0.3, 0.4) is 0 Å². The lowest BCUT2D eigenvalue weighted by molar-refractivity contribution is -0.143. The lowest BCUT2D eigenvalue weighted by Crippen LogP contribution is -2.46. The molecule has 0 fully saturated rings. The van der Waals surface area contributed by atoms with Crippen molar-refractivity contribution in [2.75, 3.05) is 6.61 Å². The number of carbonyl (C=O) groups is 2. The van der Waals surface area contributed by atoms with E-state index in [9.17, 15) is 19.5 Å². The first-order chi connectivity index (χ1) is 12.2. The number of hydrogen-bond acceptors (Lipinski definition) is 5. The Balaban J connectivity index is 2.09. The number of aryl methyl sites for hydroxylation is 1. The first-order valence-corrected chi connectivity index (χ1v) is 8.43. The van der Waals surface area contributed by atoms with E-state index in [0.717, 1.165) is 10.9 Å². The number of carbonyl (C=O) groups excluding carboxylic acids is 1. The molecule has 2 atom stereocenters. The monoisotopic (exact) mass is 361 g/mol. The van der Waals surface area contributed by atoms with E-state index in [1.807, 2.05) is 13.8 Å². The van der Waals surface area contributed by atoms with Gasteiger partial charge in [-0.3, -0.25) is 4.79 Å². The van der Waals surface area contributed by atoms with Crippen LogP contribution >= 0.6 is 0 Å². The highest BCUT2D eigenvalue weighted by Gasteiger charge is 2.25. The maximum Gasteiger partial charge on any atom is 0.339 e. The second-order valence-electron chi connectivity index (χ2n) is 6.36. The number of benzene rings is 1. The molecule has 0 radical (unpaired) electrons. The zero-order valence-corrected chi connectivity index (χ0v) is 15.3. The number of fused-ring (bicyclic) bond motifs is 1. The Bertz CT molecular complexity index is 885. The molecule has 2 N–H and O–H groups in total. The Kier molecular flexibility index (Phi) is 6.02. The fourth-order valence-electron chi connectivity index (χ4n) is 2.57. The molecule has 0 unspecified atom stereocenters. The van der Waals surface area contributed by atoms with E-state index >= 15 is 0 Å². The minimum Gasteiger partial charge on any atom is -0.484 e. The molecular weight excluding hydrogens is 338 g/mol. The second-order valence-corrected chi connectivity index (χ2v) is 6.36. The highest BCUT2D eigenvalue weighted by molar-refractivity contribution is 5.85. The van der Waals surface area contributed by atoms with Gasteiger partial charge in [0.05, 0.1) is 0 Å². The van der Waals surface area contributed by atoms with Gasteiger partial charge in [0.25, 0.3) is 5.91 Å². The van der Waals surface area contributed by atoms with Gasteiger partial charge in [-0.2, -0.15) is 0 Å². The van der Waals surface area contributed by atoms with Crippen molar-refractivity contribution in [2.24, 2.45) is 5.92 Å². The van der Waals surface area contributed by atoms with Crippen LogP contribution in [-0.2, 0) is 9.59 Å². The predicted octanol–water partition coefficient (Wildman–Crippen LogP) is 2.40. The van der Waals surface area contributed by atoms with Crippen molar-refractivity contribution < 1.29 is 23.8 Å². The van der Waals surface area contributed by atoms with Crippen LogP contribution in [0.15, 0.2) is 27.4 Å². The highest BCUT2D eigenvalue weighted by Crippen LogP contribution is 2.23. The van der Waals surface area contributed by atoms with Crippen LogP contribution in [0.2, 0.25) is 0 Å². The molecule has 0 spiro atoms. The lowest BCUT2D eigenvalue weighted by Gasteiger charge is -2.20. The number of aliphatic carboxylic acids is 1. The first kappa shape index (κ1) is 19.5. The average molecular weight is 361 g/mol. The normalized spacial score (nSPS) is 13.2. The topological polar surface area (TPSA) is 106 Å². The van der Waals surface area contributed by atoms with Gasteiger partial charge in [-0.05, 0) is 37.5 Å². The number of nitrogens with one attached hydrogen (secondary N) is 1. The number of carboxylic acids is 1. The molecule has 0 bridgehead atoms. The van der Waals surface area contributed by atoms with E-state index in [1.165, 1.54) is 0 Å². The molecule has 1 amide bonds. The van der Waals surface area contributed by atoms with Gasteiger partial charge < -0.3 is 19.6 Å². The molecule has 0 aliphatic heterocycles. The summed E-state index contributed by atoms with van der Waals surface area (Å²) in [5, 5.41) is 12.5. The summed E-state index contributed by atoms with van der Waals surface area (Å²) in [5.74, 6) is -1.45. The number of ether oxygens (including phenoxy) is 1. The summed E-state index contributed by atoms with van der Waals surface area (Å²) in [6.07, 6.45) is 0.626. The van der Waals surface area contributed by atoms with E-state index in [0.29, 0.717) is 23.3 Å². The summed E-state index contributed by atoms with van der Waals surface area (Å²) in [6.45, 7) is 6.82. The molecule has 2 aromatic rings. The maximum absolute atomic E-state index is 12.0. The van der Waals surface area contributed by atoms with Gasteiger partial charge in [-0.25, -0.2) is 9.59 Å². The Hall–Kier alpha value is -2.83. The summed E-state index contributed by atoms with van der Waals surface area (Å²) >= 11 is 0. The van der Waals surface area contributed by atoms with Crippen LogP contribution in [0, 0.1) is 19.8 Å². The SMILES string of the molecule is CC[C@@H](C)[C@H](NC(=O)COc1ccc2c(C)c(C)c(=O)oc2c1)C(=O)O. The summed E-state index contributed by atoms with van der Waals surface area (Å²) in [7, 11) is 0. The maximum atomic E-state index is 12.0. The molecule has 1 heterocycles. The van der Waals surface area contributed by atoms with Crippen molar-refractivity contribution in [3.8, 4) is 5.75 Å². The van der Waals surface area contributed by atoms with Crippen LogP contribution in [0.4, 0.5) is 0 Å². The quantitative estimate of drug-likeness (QED) is 0.734. The fourth-order valence-corrected chi connectivity index (χ4v) is 2.57. The summed E-state index contributed by atoms with van der Waals surface area (Å²) < 4.78 is 10.7. The van der Waals surface area contributed by atoms with Crippen LogP contribution < -0.4 is 15.7 Å². The van der Waals surface area contributed by atoms with Crippen molar-refractivity contribution >= 4 is 22.8 Å². The van der Waals surface area contributed by atoms with Crippen LogP contribution in [0.5, 0.6) is 5.75 Å². The third-order valence-electron chi connectivity index (χ3n) is 4.59. The fraction of sp³-hybridized carbons (Fsp3) is 0.421. The van der Waals surface area contributed by atoms with Crippen LogP contribution in [-0.4, -0.2) is 29.6 Å². The van der Waals surface area contributed by atoms with E-state index in [4.69, 9.17) is 9.15 Å². The molecule has 2 rings (SSSR count). The van der Waals surface area contributed by atoms with Crippen molar-refractivity contribution in [3.63, 3.8) is 0 Å². The third kappa shape index (κ3) is 4.22. The minimum atomic E-state index is -1.08. The van der Waals surface area contributed by atoms with Gasteiger partial charge in [0.1, 0.15) is 17.4 Å². The summed E-state index contributed by atoms with van der Waals surface area (Å²) in [5.41, 5.74) is 1.34. The number of rotatable bonds is 7. The Morgan fingerprint density at radius 2 is 1.96 bits per heavy atom. The molecule has 26 heavy (non-hydrogen) atoms. The third-order valence-corrected chi connectivity index (χ3v) is 4.59.